The van der Waals surface area contributed by atoms with Crippen LogP contribution in [0.25, 0.3) is 44.3 Å². The minimum atomic E-state index is -0.433. The third kappa shape index (κ3) is 3.83. The Morgan fingerprint density at radius 2 is 1.16 bits per heavy atom. The molecule has 43 heavy (non-hydrogen) atoms. The van der Waals surface area contributed by atoms with Gasteiger partial charge in [0.05, 0.1) is 22.7 Å². The Balaban J connectivity index is 1.37. The number of fused-ring (bicyclic) bond motifs is 5. The number of hydrogen-bond acceptors (Lipinski definition) is 2. The first-order chi connectivity index (χ1) is 21.3. The lowest BCUT2D eigenvalue weighted by Gasteiger charge is -2.34. The van der Waals surface area contributed by atoms with Crippen LogP contribution in [0.4, 0.5) is 0 Å². The molecule has 0 spiro atoms. The van der Waals surface area contributed by atoms with Crippen LogP contribution >= 0.6 is 0 Å². The fourth-order valence-electron chi connectivity index (χ4n) is 6.93. The molecule has 8 rings (SSSR count). The summed E-state index contributed by atoms with van der Waals surface area (Å²) < 4.78 is 0. The van der Waals surface area contributed by atoms with E-state index in [1.807, 2.05) is 6.07 Å². The number of pyridine rings is 1. The molecule has 0 bridgehead atoms. The number of nitriles is 1. The molecule has 0 N–H and O–H groups in total. The van der Waals surface area contributed by atoms with Crippen molar-refractivity contribution in [2.45, 2.75) is 5.41 Å². The number of benzene rings is 6. The van der Waals surface area contributed by atoms with E-state index in [2.05, 4.69) is 151 Å². The first kappa shape index (κ1) is 25.0. The fourth-order valence-corrected chi connectivity index (χ4v) is 6.93. The summed E-state index contributed by atoms with van der Waals surface area (Å²) in [4.78, 5) is 4.48. The maximum atomic E-state index is 9.32. The van der Waals surface area contributed by atoms with E-state index < -0.39 is 5.41 Å². The SMILES string of the molecule is N#Cc1ccnc(-c2ccc(-c3ccc4c(c3)-c3c(ccc5ccccc35)C4(c3ccccc3)c3ccccc3)cc2)c1. The normalized spacial score (nSPS) is 12.8. The molecule has 1 aliphatic carbocycles. The van der Waals surface area contributed by atoms with Gasteiger partial charge in [0.15, 0.2) is 0 Å². The van der Waals surface area contributed by atoms with Gasteiger partial charge in [-0.25, -0.2) is 0 Å². The Bertz CT molecular complexity index is 2130. The van der Waals surface area contributed by atoms with Gasteiger partial charge >= 0.3 is 0 Å². The molecule has 6 aromatic carbocycles. The second kappa shape index (κ2) is 9.94. The molecule has 2 heteroatoms. The predicted molar refractivity (Wildman–Crippen MR) is 175 cm³/mol. The predicted octanol–water partition coefficient (Wildman–Crippen LogP) is 9.80. The van der Waals surface area contributed by atoms with Crippen LogP contribution in [0.3, 0.4) is 0 Å². The molecule has 0 fully saturated rings. The lowest BCUT2D eigenvalue weighted by atomic mass is 9.67. The van der Waals surface area contributed by atoms with Crippen molar-refractivity contribution in [2.75, 3.05) is 0 Å². The van der Waals surface area contributed by atoms with E-state index in [0.29, 0.717) is 5.56 Å². The van der Waals surface area contributed by atoms with Crippen LogP contribution in [0.2, 0.25) is 0 Å². The molecule has 0 amide bonds. The van der Waals surface area contributed by atoms with E-state index in [1.165, 1.54) is 49.7 Å². The molecule has 1 heterocycles. The van der Waals surface area contributed by atoms with Crippen LogP contribution < -0.4 is 0 Å². The molecule has 0 atom stereocenters. The third-order valence-electron chi connectivity index (χ3n) is 8.84. The zero-order valence-corrected chi connectivity index (χ0v) is 23.4. The van der Waals surface area contributed by atoms with E-state index in [0.717, 1.165) is 16.8 Å². The molecule has 0 aliphatic heterocycles. The number of rotatable bonds is 4. The number of nitrogens with zero attached hydrogens (tertiary/aromatic N) is 2. The zero-order chi connectivity index (χ0) is 28.8. The van der Waals surface area contributed by atoms with Crippen LogP contribution in [0.5, 0.6) is 0 Å². The molecule has 0 saturated heterocycles. The van der Waals surface area contributed by atoms with Crippen molar-refractivity contribution >= 4 is 10.8 Å². The Morgan fingerprint density at radius 3 is 1.88 bits per heavy atom. The topological polar surface area (TPSA) is 36.7 Å². The molecular weight excluding hydrogens is 520 g/mol. The van der Waals surface area contributed by atoms with Crippen LogP contribution in [0.15, 0.2) is 158 Å². The molecular formula is C41H26N2. The molecule has 7 aromatic rings. The van der Waals surface area contributed by atoms with Crippen molar-refractivity contribution in [2.24, 2.45) is 0 Å². The molecule has 0 saturated carbocycles. The van der Waals surface area contributed by atoms with Crippen molar-refractivity contribution in [3.63, 3.8) is 0 Å². The summed E-state index contributed by atoms with van der Waals surface area (Å²) in [5, 5.41) is 11.8. The summed E-state index contributed by atoms with van der Waals surface area (Å²) in [6, 6.07) is 56.4. The summed E-state index contributed by atoms with van der Waals surface area (Å²) in [5.74, 6) is 0. The quantitative estimate of drug-likeness (QED) is 0.220. The first-order valence-electron chi connectivity index (χ1n) is 14.5. The monoisotopic (exact) mass is 546 g/mol. The largest absolute Gasteiger partial charge is 0.256 e. The Labute approximate surface area is 251 Å². The molecule has 200 valence electrons. The zero-order valence-electron chi connectivity index (χ0n) is 23.4. The average Bonchev–Trinajstić information content (AvgIpc) is 3.40. The van der Waals surface area contributed by atoms with Gasteiger partial charge in [-0.3, -0.25) is 4.98 Å². The minimum absolute atomic E-state index is 0.433. The first-order valence-corrected chi connectivity index (χ1v) is 14.5. The van der Waals surface area contributed by atoms with E-state index in [4.69, 9.17) is 0 Å². The number of hydrogen-bond donors (Lipinski definition) is 0. The highest BCUT2D eigenvalue weighted by atomic mass is 14.7. The van der Waals surface area contributed by atoms with E-state index >= 15 is 0 Å². The lowest BCUT2D eigenvalue weighted by Crippen LogP contribution is -2.28. The Hall–Kier alpha value is -5.78. The highest BCUT2D eigenvalue weighted by Crippen LogP contribution is 2.58. The van der Waals surface area contributed by atoms with Gasteiger partial charge in [-0.2, -0.15) is 5.26 Å². The van der Waals surface area contributed by atoms with E-state index in [-0.39, 0.29) is 0 Å². The van der Waals surface area contributed by atoms with Gasteiger partial charge in [-0.15, -0.1) is 0 Å². The van der Waals surface area contributed by atoms with Crippen molar-refractivity contribution in [1.29, 1.82) is 5.26 Å². The molecule has 0 unspecified atom stereocenters. The van der Waals surface area contributed by atoms with Crippen LogP contribution in [-0.2, 0) is 5.41 Å². The number of aromatic nitrogens is 1. The summed E-state index contributed by atoms with van der Waals surface area (Å²) >= 11 is 0. The lowest BCUT2D eigenvalue weighted by molar-refractivity contribution is 0.769. The van der Waals surface area contributed by atoms with Gasteiger partial charge in [-0.1, -0.05) is 133 Å². The standard InChI is InChI=1S/C41H26N2/c42-27-28-23-24-43-39(25-28)31-17-15-29(16-18-31)32-20-21-37-36(26-32)40-35-14-8-7-9-30(35)19-22-38(40)41(37,33-10-3-1-4-11-33)34-12-5-2-6-13-34/h1-26H. The van der Waals surface area contributed by atoms with Gasteiger partial charge in [0.2, 0.25) is 0 Å². The minimum Gasteiger partial charge on any atom is -0.256 e. The van der Waals surface area contributed by atoms with Crippen LogP contribution in [-0.4, -0.2) is 4.98 Å². The summed E-state index contributed by atoms with van der Waals surface area (Å²) in [7, 11) is 0. The fraction of sp³-hybridized carbons (Fsp3) is 0.0244. The summed E-state index contributed by atoms with van der Waals surface area (Å²) in [5.41, 5.74) is 12.0. The Kier molecular flexibility index (Phi) is 5.77. The van der Waals surface area contributed by atoms with Crippen molar-refractivity contribution in [3.8, 4) is 39.6 Å². The smallest absolute Gasteiger partial charge is 0.0992 e. The summed E-state index contributed by atoms with van der Waals surface area (Å²) in [6.45, 7) is 0. The van der Waals surface area contributed by atoms with Crippen LogP contribution in [0.1, 0.15) is 27.8 Å². The van der Waals surface area contributed by atoms with Crippen molar-refractivity contribution in [3.05, 3.63) is 186 Å². The highest BCUT2D eigenvalue weighted by Gasteiger charge is 2.46. The molecule has 1 aliphatic rings. The van der Waals surface area contributed by atoms with Gasteiger partial charge < -0.3 is 0 Å². The van der Waals surface area contributed by atoms with Gasteiger partial charge in [0.1, 0.15) is 0 Å². The van der Waals surface area contributed by atoms with E-state index in [9.17, 15) is 5.26 Å². The van der Waals surface area contributed by atoms with Crippen LogP contribution in [0, 0.1) is 11.3 Å². The molecule has 2 nitrogen and oxygen atoms in total. The van der Waals surface area contributed by atoms with Gasteiger partial charge in [0.25, 0.3) is 0 Å². The molecule has 1 aromatic heterocycles. The second-order valence-electron chi connectivity index (χ2n) is 11.1. The second-order valence-corrected chi connectivity index (χ2v) is 11.1. The van der Waals surface area contributed by atoms with E-state index in [1.54, 1.807) is 12.3 Å². The summed E-state index contributed by atoms with van der Waals surface area (Å²) in [6.07, 6.45) is 1.69. The average molecular weight is 547 g/mol. The van der Waals surface area contributed by atoms with Gasteiger partial charge in [0, 0.05) is 11.8 Å². The highest BCUT2D eigenvalue weighted by molar-refractivity contribution is 6.04. The van der Waals surface area contributed by atoms with Crippen molar-refractivity contribution < 1.29 is 0 Å². The van der Waals surface area contributed by atoms with Crippen molar-refractivity contribution in [1.82, 2.24) is 4.98 Å². The maximum absolute atomic E-state index is 9.32. The van der Waals surface area contributed by atoms with Gasteiger partial charge in [-0.05, 0) is 73.5 Å². The third-order valence-corrected chi connectivity index (χ3v) is 8.84. The Morgan fingerprint density at radius 1 is 0.535 bits per heavy atom. The molecule has 0 radical (unpaired) electrons. The maximum Gasteiger partial charge on any atom is 0.0992 e.